The molecule has 0 saturated heterocycles. The van der Waals surface area contributed by atoms with Crippen LogP contribution in [-0.2, 0) is 4.84 Å². The topological polar surface area (TPSA) is 85.3 Å². The molecule has 0 bridgehead atoms. The summed E-state index contributed by atoms with van der Waals surface area (Å²) in [7, 11) is 0. The van der Waals surface area contributed by atoms with Crippen LogP contribution in [0.15, 0.2) is 12.1 Å². The number of hydrogen-bond acceptors (Lipinski definition) is 5. The van der Waals surface area contributed by atoms with Gasteiger partial charge in [-0.1, -0.05) is 0 Å². The van der Waals surface area contributed by atoms with Crippen LogP contribution in [0.3, 0.4) is 0 Å². The molecule has 1 aliphatic rings. The van der Waals surface area contributed by atoms with E-state index >= 15 is 0 Å². The first kappa shape index (κ1) is 8.00. The molecule has 2 rings (SSSR count). The third-order valence-electron chi connectivity index (χ3n) is 1.88. The van der Waals surface area contributed by atoms with E-state index in [0.717, 1.165) is 17.9 Å². The lowest BCUT2D eigenvalue weighted by atomic mass is 10.2. The fourth-order valence-corrected chi connectivity index (χ4v) is 1.30. The maximum atomic E-state index is 5.75. The Kier molecular flexibility index (Phi) is 1.86. The normalized spacial score (nSPS) is 15.1. The van der Waals surface area contributed by atoms with Gasteiger partial charge in [0.05, 0.1) is 18.0 Å². The summed E-state index contributed by atoms with van der Waals surface area (Å²) < 4.78 is 0. The molecule has 6 N–H and O–H groups in total. The predicted octanol–water partition coefficient (Wildman–Crippen LogP) is 0.620. The largest absolute Gasteiger partial charge is 0.399 e. The Morgan fingerprint density at radius 2 is 2.15 bits per heavy atom. The van der Waals surface area contributed by atoms with E-state index in [4.69, 9.17) is 16.3 Å². The average Bonchev–Trinajstić information content (AvgIpc) is 2.28. The lowest BCUT2D eigenvalue weighted by Crippen LogP contribution is -2.06. The summed E-state index contributed by atoms with van der Waals surface area (Å²) in [6.45, 7) is 1.33. The molecule has 5 nitrogen and oxygen atoms in total. The molecule has 70 valence electrons. The second kappa shape index (κ2) is 3.02. The van der Waals surface area contributed by atoms with Crippen LogP contribution >= 0.6 is 0 Å². The van der Waals surface area contributed by atoms with Gasteiger partial charge in [-0.05, 0) is 12.1 Å². The van der Waals surface area contributed by atoms with E-state index in [0.29, 0.717) is 18.0 Å². The zero-order chi connectivity index (χ0) is 9.26. The summed E-state index contributed by atoms with van der Waals surface area (Å²) in [5.74, 6) is 0. The van der Waals surface area contributed by atoms with Crippen LogP contribution in [0.2, 0.25) is 0 Å². The maximum absolute atomic E-state index is 5.75. The smallest absolute Gasteiger partial charge is 0.107 e. The number of nitrogens with one attached hydrogen (secondary N) is 2. The highest BCUT2D eigenvalue weighted by Crippen LogP contribution is 2.32. The summed E-state index contributed by atoms with van der Waals surface area (Å²) in [5, 5.41) is 3.16. The Hall–Kier alpha value is -1.62. The minimum atomic E-state index is 0.587. The molecule has 0 aliphatic carbocycles. The van der Waals surface area contributed by atoms with Gasteiger partial charge in [0.2, 0.25) is 0 Å². The predicted molar refractivity (Wildman–Crippen MR) is 53.3 cm³/mol. The van der Waals surface area contributed by atoms with E-state index in [1.54, 1.807) is 6.07 Å². The van der Waals surface area contributed by atoms with Gasteiger partial charge in [-0.2, -0.15) is 0 Å². The van der Waals surface area contributed by atoms with Crippen molar-refractivity contribution >= 4 is 22.7 Å². The monoisotopic (exact) mass is 180 g/mol. The molecular formula is C8H12N4O. The summed E-state index contributed by atoms with van der Waals surface area (Å²) in [4.78, 5) is 5.11. The van der Waals surface area contributed by atoms with Crippen molar-refractivity contribution in [2.75, 3.05) is 35.4 Å². The molecule has 0 atom stereocenters. The molecule has 5 heteroatoms. The van der Waals surface area contributed by atoms with E-state index < -0.39 is 0 Å². The van der Waals surface area contributed by atoms with E-state index in [1.807, 2.05) is 6.07 Å². The molecule has 13 heavy (non-hydrogen) atoms. The van der Waals surface area contributed by atoms with Gasteiger partial charge in [-0.3, -0.25) is 10.3 Å². The molecule has 1 heterocycles. The average molecular weight is 180 g/mol. The van der Waals surface area contributed by atoms with Gasteiger partial charge in [-0.15, -0.1) is 0 Å². The SMILES string of the molecule is Nc1cc(N)c2c(c1)NCCON2. The van der Waals surface area contributed by atoms with Crippen molar-refractivity contribution in [2.24, 2.45) is 0 Å². The van der Waals surface area contributed by atoms with Crippen LogP contribution in [-0.4, -0.2) is 13.2 Å². The summed E-state index contributed by atoms with van der Waals surface area (Å²) in [5.41, 5.74) is 17.0. The number of anilines is 4. The first-order chi connectivity index (χ1) is 6.27. The van der Waals surface area contributed by atoms with Crippen LogP contribution in [0, 0.1) is 0 Å². The molecule has 1 aromatic rings. The van der Waals surface area contributed by atoms with Crippen molar-refractivity contribution in [3.05, 3.63) is 12.1 Å². The highest BCUT2D eigenvalue weighted by molar-refractivity contribution is 5.84. The second-order valence-electron chi connectivity index (χ2n) is 2.91. The number of hydrogen-bond donors (Lipinski definition) is 4. The summed E-state index contributed by atoms with van der Waals surface area (Å²) in [6, 6.07) is 3.52. The van der Waals surface area contributed by atoms with Gasteiger partial charge < -0.3 is 16.8 Å². The third kappa shape index (κ3) is 1.46. The summed E-state index contributed by atoms with van der Waals surface area (Å²) in [6.07, 6.45) is 0. The molecular weight excluding hydrogens is 168 g/mol. The first-order valence-corrected chi connectivity index (χ1v) is 4.08. The maximum Gasteiger partial charge on any atom is 0.107 e. The van der Waals surface area contributed by atoms with Crippen molar-refractivity contribution in [2.45, 2.75) is 0 Å². The fraction of sp³-hybridized carbons (Fsp3) is 0.250. The lowest BCUT2D eigenvalue weighted by molar-refractivity contribution is 0.209. The van der Waals surface area contributed by atoms with Crippen molar-refractivity contribution in [1.29, 1.82) is 0 Å². The first-order valence-electron chi connectivity index (χ1n) is 4.08. The van der Waals surface area contributed by atoms with Gasteiger partial charge >= 0.3 is 0 Å². The zero-order valence-corrected chi connectivity index (χ0v) is 7.13. The van der Waals surface area contributed by atoms with Gasteiger partial charge in [0.25, 0.3) is 0 Å². The van der Waals surface area contributed by atoms with Gasteiger partial charge in [-0.25, -0.2) is 0 Å². The molecule has 0 amide bonds. The van der Waals surface area contributed by atoms with Gasteiger partial charge in [0.1, 0.15) is 5.69 Å². The fourth-order valence-electron chi connectivity index (χ4n) is 1.30. The highest BCUT2D eigenvalue weighted by atomic mass is 16.6. The summed E-state index contributed by atoms with van der Waals surface area (Å²) >= 11 is 0. The Labute approximate surface area is 76.0 Å². The molecule has 0 unspecified atom stereocenters. The molecule has 0 spiro atoms. The van der Waals surface area contributed by atoms with Crippen LogP contribution < -0.4 is 22.3 Å². The van der Waals surface area contributed by atoms with Crippen LogP contribution in [0.1, 0.15) is 0 Å². The Morgan fingerprint density at radius 1 is 1.31 bits per heavy atom. The quantitative estimate of drug-likeness (QED) is 0.440. The van der Waals surface area contributed by atoms with Gasteiger partial charge in [0.15, 0.2) is 0 Å². The second-order valence-corrected chi connectivity index (χ2v) is 2.91. The molecule has 1 aromatic carbocycles. The van der Waals surface area contributed by atoms with E-state index in [9.17, 15) is 0 Å². The van der Waals surface area contributed by atoms with E-state index in [1.165, 1.54) is 0 Å². The number of fused-ring (bicyclic) bond motifs is 1. The molecule has 0 fully saturated rings. The number of nitrogens with two attached hydrogens (primary N) is 2. The molecule has 1 aliphatic heterocycles. The Balaban J connectivity index is 2.47. The van der Waals surface area contributed by atoms with Crippen LogP contribution in [0.4, 0.5) is 22.7 Å². The van der Waals surface area contributed by atoms with Crippen LogP contribution in [0.5, 0.6) is 0 Å². The Morgan fingerprint density at radius 3 is 3.00 bits per heavy atom. The lowest BCUT2D eigenvalue weighted by Gasteiger charge is -2.10. The highest BCUT2D eigenvalue weighted by Gasteiger charge is 2.10. The van der Waals surface area contributed by atoms with Crippen LogP contribution in [0.25, 0.3) is 0 Å². The minimum absolute atomic E-state index is 0.587. The Bertz CT molecular complexity index is 326. The van der Waals surface area contributed by atoms with Crippen molar-refractivity contribution in [1.82, 2.24) is 0 Å². The van der Waals surface area contributed by atoms with Crippen molar-refractivity contribution in [3.63, 3.8) is 0 Å². The van der Waals surface area contributed by atoms with Gasteiger partial charge in [0, 0.05) is 12.2 Å². The minimum Gasteiger partial charge on any atom is -0.399 e. The molecule has 0 radical (unpaired) electrons. The standard InChI is InChI=1S/C8H12N4O/c9-5-3-6(10)8-7(4-5)11-1-2-13-12-8/h3-4,11-12H,1-2,9-10H2. The number of rotatable bonds is 0. The molecule has 0 aromatic heterocycles. The zero-order valence-electron chi connectivity index (χ0n) is 7.13. The van der Waals surface area contributed by atoms with Crippen molar-refractivity contribution in [3.8, 4) is 0 Å². The number of benzene rings is 1. The van der Waals surface area contributed by atoms with E-state index in [2.05, 4.69) is 10.8 Å². The molecule has 0 saturated carbocycles. The number of nitrogen functional groups attached to an aromatic ring is 2. The van der Waals surface area contributed by atoms with Crippen molar-refractivity contribution < 1.29 is 4.84 Å². The van der Waals surface area contributed by atoms with E-state index in [-0.39, 0.29) is 0 Å². The third-order valence-corrected chi connectivity index (χ3v) is 1.88.